The van der Waals surface area contributed by atoms with E-state index in [0.29, 0.717) is 22.3 Å². The van der Waals surface area contributed by atoms with E-state index in [1.165, 1.54) is 0 Å². The minimum Gasteiger partial charge on any atom is -0.455 e. The Morgan fingerprint density at radius 1 is 0.362 bits per heavy atom. The van der Waals surface area contributed by atoms with Gasteiger partial charge in [0, 0.05) is 16.2 Å². The zero-order valence-corrected chi connectivity index (χ0v) is 25.3. The van der Waals surface area contributed by atoms with Crippen molar-refractivity contribution in [2.75, 3.05) is 0 Å². The van der Waals surface area contributed by atoms with Gasteiger partial charge in [-0.3, -0.25) is 0 Å². The second-order valence-corrected chi connectivity index (χ2v) is 12.1. The number of hydrogen-bond acceptors (Lipinski definition) is 1. The van der Waals surface area contributed by atoms with Crippen LogP contribution < -0.4 is 0 Å². The van der Waals surface area contributed by atoms with Gasteiger partial charge in [-0.05, 0) is 95.3 Å². The normalized spacial score (nSPS) is 13.0. The fourth-order valence-electron chi connectivity index (χ4n) is 7.28. The maximum absolute atomic E-state index is 9.44. The molecule has 0 aliphatic rings. The van der Waals surface area contributed by atoms with Crippen LogP contribution in [0.15, 0.2) is 174 Å². The standard InChI is InChI=1S/C46H28O/c1-2-10-30(11-3-1)40-28-43-42-26-33(23-25-44(42)47-46(43)39-17-9-8-16-37(39)40)29-18-20-32(21-19-29)45-36-15-7-5-13-34(36)27-41-35-14-6-4-12-31(35)22-24-38(41)45/h1-28H/i18D,19D,20D,21D. The Morgan fingerprint density at radius 2 is 1.04 bits per heavy atom. The predicted molar refractivity (Wildman–Crippen MR) is 200 cm³/mol. The smallest absolute Gasteiger partial charge is 0.143 e. The number of furan rings is 1. The Hall–Kier alpha value is -6.18. The third-order valence-corrected chi connectivity index (χ3v) is 9.50. The molecule has 10 aromatic rings. The molecular formula is C46H28O. The highest BCUT2D eigenvalue weighted by Crippen LogP contribution is 2.42. The Kier molecular flexibility index (Phi) is 4.83. The van der Waals surface area contributed by atoms with Crippen LogP contribution in [0.1, 0.15) is 5.48 Å². The average molecular weight is 601 g/mol. The van der Waals surface area contributed by atoms with Crippen molar-refractivity contribution in [3.63, 3.8) is 0 Å². The van der Waals surface area contributed by atoms with Gasteiger partial charge in [0.15, 0.2) is 0 Å². The van der Waals surface area contributed by atoms with Crippen LogP contribution in [0.4, 0.5) is 0 Å². The largest absolute Gasteiger partial charge is 0.455 e. The number of hydrogen-bond donors (Lipinski definition) is 0. The van der Waals surface area contributed by atoms with Gasteiger partial charge in [0.1, 0.15) is 11.2 Å². The molecular weight excluding hydrogens is 569 g/mol. The lowest BCUT2D eigenvalue weighted by atomic mass is 9.89. The van der Waals surface area contributed by atoms with Crippen LogP contribution in [0, 0.1) is 0 Å². The van der Waals surface area contributed by atoms with Crippen LogP contribution in [-0.4, -0.2) is 0 Å². The fourth-order valence-corrected chi connectivity index (χ4v) is 7.28. The van der Waals surface area contributed by atoms with Crippen molar-refractivity contribution < 1.29 is 9.90 Å². The van der Waals surface area contributed by atoms with Gasteiger partial charge >= 0.3 is 0 Å². The Bertz CT molecular complexity index is 3040. The zero-order valence-electron chi connectivity index (χ0n) is 29.3. The Balaban J connectivity index is 1.23. The number of fused-ring (bicyclic) bond motifs is 9. The second kappa shape index (κ2) is 10.2. The molecule has 0 aliphatic carbocycles. The molecule has 0 radical (unpaired) electrons. The van der Waals surface area contributed by atoms with Gasteiger partial charge in [-0.25, -0.2) is 0 Å². The maximum Gasteiger partial charge on any atom is 0.143 e. The van der Waals surface area contributed by atoms with Gasteiger partial charge in [-0.15, -0.1) is 0 Å². The van der Waals surface area contributed by atoms with Gasteiger partial charge < -0.3 is 4.42 Å². The van der Waals surface area contributed by atoms with E-state index < -0.39 is 0 Å². The molecule has 1 heterocycles. The molecule has 0 unspecified atom stereocenters. The topological polar surface area (TPSA) is 13.1 Å². The second-order valence-electron chi connectivity index (χ2n) is 12.1. The Morgan fingerprint density at radius 3 is 1.87 bits per heavy atom. The van der Waals surface area contributed by atoms with Crippen molar-refractivity contribution in [3.8, 4) is 33.4 Å². The summed E-state index contributed by atoms with van der Waals surface area (Å²) in [5.74, 6) is 0. The van der Waals surface area contributed by atoms with Crippen LogP contribution in [0.5, 0.6) is 0 Å². The summed E-state index contributed by atoms with van der Waals surface area (Å²) >= 11 is 0. The molecule has 0 bridgehead atoms. The van der Waals surface area contributed by atoms with Crippen molar-refractivity contribution >= 4 is 65.0 Å². The average Bonchev–Trinajstić information content (AvgIpc) is 3.55. The van der Waals surface area contributed by atoms with Crippen LogP contribution >= 0.6 is 0 Å². The number of benzene rings is 9. The summed E-state index contributed by atoms with van der Waals surface area (Å²) in [7, 11) is 0. The van der Waals surface area contributed by atoms with Crippen LogP contribution in [-0.2, 0) is 0 Å². The highest BCUT2D eigenvalue weighted by molar-refractivity contribution is 6.21. The quantitative estimate of drug-likeness (QED) is 0.145. The highest BCUT2D eigenvalue weighted by Gasteiger charge is 2.16. The lowest BCUT2D eigenvalue weighted by Crippen LogP contribution is -1.87. The molecule has 9 aromatic carbocycles. The van der Waals surface area contributed by atoms with Crippen molar-refractivity contribution in [2.24, 2.45) is 0 Å². The van der Waals surface area contributed by atoms with Gasteiger partial charge in [0.25, 0.3) is 0 Å². The van der Waals surface area contributed by atoms with Gasteiger partial charge in [-0.1, -0.05) is 145 Å². The molecule has 0 saturated carbocycles. The van der Waals surface area contributed by atoms with E-state index in [-0.39, 0.29) is 29.7 Å². The van der Waals surface area contributed by atoms with Gasteiger partial charge in [0.2, 0.25) is 0 Å². The summed E-state index contributed by atoms with van der Waals surface area (Å²) in [4.78, 5) is 0. The van der Waals surface area contributed by atoms with E-state index in [1.807, 2.05) is 91.0 Å². The van der Waals surface area contributed by atoms with E-state index in [4.69, 9.17) is 4.42 Å². The third kappa shape index (κ3) is 4.03. The molecule has 0 aliphatic heterocycles. The SMILES string of the molecule is [2H]c1c([2H])c(-c2c3ccccc3cc3c2ccc2ccccc23)c([2H])c([2H])c1-c1ccc2oc3c4ccccc4c(-c4ccccc4)cc3c2c1. The fraction of sp³-hybridized carbons (Fsp3) is 0. The summed E-state index contributed by atoms with van der Waals surface area (Å²) in [5, 5.41) is 9.87. The monoisotopic (exact) mass is 600 g/mol. The van der Waals surface area contributed by atoms with Gasteiger partial charge in [0.05, 0.1) is 5.48 Å². The lowest BCUT2D eigenvalue weighted by Gasteiger charge is -2.14. The molecule has 1 aromatic heterocycles. The first-order chi connectivity index (χ1) is 25.0. The molecule has 0 atom stereocenters. The molecule has 47 heavy (non-hydrogen) atoms. The zero-order chi connectivity index (χ0) is 34.4. The highest BCUT2D eigenvalue weighted by atomic mass is 16.3. The van der Waals surface area contributed by atoms with E-state index in [1.54, 1.807) is 0 Å². The minimum atomic E-state index is -0.0737. The molecule has 1 heteroatoms. The minimum absolute atomic E-state index is 0.0636. The summed E-state index contributed by atoms with van der Waals surface area (Å²) in [6.07, 6.45) is 0. The van der Waals surface area contributed by atoms with Gasteiger partial charge in [-0.2, -0.15) is 0 Å². The van der Waals surface area contributed by atoms with E-state index in [0.717, 1.165) is 70.6 Å². The van der Waals surface area contributed by atoms with Crippen molar-refractivity contribution in [2.45, 2.75) is 0 Å². The van der Waals surface area contributed by atoms with Crippen LogP contribution in [0.2, 0.25) is 0 Å². The van der Waals surface area contributed by atoms with Crippen molar-refractivity contribution in [3.05, 3.63) is 170 Å². The molecule has 0 saturated heterocycles. The summed E-state index contributed by atoms with van der Waals surface area (Å²) in [6, 6.07) is 48.6. The van der Waals surface area contributed by atoms with E-state index in [9.17, 15) is 5.48 Å². The molecule has 0 spiro atoms. The molecule has 1 nitrogen and oxygen atoms in total. The lowest BCUT2D eigenvalue weighted by molar-refractivity contribution is 0.673. The molecule has 0 fully saturated rings. The predicted octanol–water partition coefficient (Wildman–Crippen LogP) is 13.2. The molecule has 10 rings (SSSR count). The number of rotatable bonds is 3. The summed E-state index contributed by atoms with van der Waals surface area (Å²) in [5.41, 5.74) is 5.57. The molecule has 0 amide bonds. The summed E-state index contributed by atoms with van der Waals surface area (Å²) in [6.45, 7) is 0. The van der Waals surface area contributed by atoms with Crippen LogP contribution in [0.3, 0.4) is 0 Å². The van der Waals surface area contributed by atoms with Crippen molar-refractivity contribution in [1.82, 2.24) is 0 Å². The maximum atomic E-state index is 9.44. The first kappa shape index (κ1) is 22.3. The third-order valence-electron chi connectivity index (χ3n) is 9.50. The van der Waals surface area contributed by atoms with Crippen LogP contribution in [0.25, 0.3) is 98.4 Å². The summed E-state index contributed by atoms with van der Waals surface area (Å²) < 4.78 is 44.1. The Labute approximate surface area is 277 Å². The van der Waals surface area contributed by atoms with E-state index >= 15 is 0 Å². The van der Waals surface area contributed by atoms with E-state index in [2.05, 4.69) is 54.6 Å². The molecule has 218 valence electrons. The first-order valence-electron chi connectivity index (χ1n) is 17.9. The van der Waals surface area contributed by atoms with Crippen molar-refractivity contribution in [1.29, 1.82) is 0 Å². The molecule has 0 N–H and O–H groups in total. The first-order valence-corrected chi connectivity index (χ1v) is 15.9.